The number of rotatable bonds is 6. The standard InChI is InChI=1S/C18H24N4O3/c1-3-15(4-2-14(1)22-9-7-19-8-10-22)23-12-16-13-24-18(25-16)11-17-20-5-6-21-17/h1-6,16,18-19H,7-13H2,(H,20,21). The molecular weight excluding hydrogens is 320 g/mol. The number of nitrogens with zero attached hydrogens (tertiary/aromatic N) is 2. The first-order valence-corrected chi connectivity index (χ1v) is 8.81. The second kappa shape index (κ2) is 7.86. The number of H-pyrrole nitrogens is 1. The highest BCUT2D eigenvalue weighted by Gasteiger charge is 2.27. The summed E-state index contributed by atoms with van der Waals surface area (Å²) in [6.45, 7) is 5.20. The minimum absolute atomic E-state index is 0.0483. The molecule has 2 aliphatic heterocycles. The molecule has 0 aliphatic carbocycles. The molecule has 2 aliphatic rings. The molecule has 2 saturated heterocycles. The van der Waals surface area contributed by atoms with Gasteiger partial charge in [0.2, 0.25) is 0 Å². The minimum atomic E-state index is -0.255. The van der Waals surface area contributed by atoms with Gasteiger partial charge in [-0.05, 0) is 24.3 Å². The molecule has 2 N–H and O–H groups in total. The van der Waals surface area contributed by atoms with E-state index in [1.165, 1.54) is 5.69 Å². The van der Waals surface area contributed by atoms with Crippen molar-refractivity contribution in [2.45, 2.75) is 18.8 Å². The number of aromatic amines is 1. The van der Waals surface area contributed by atoms with Crippen LogP contribution in [-0.2, 0) is 15.9 Å². The fourth-order valence-electron chi connectivity index (χ4n) is 3.14. The highest BCUT2D eigenvalue weighted by atomic mass is 16.7. The second-order valence-corrected chi connectivity index (χ2v) is 6.30. The number of ether oxygens (including phenoxy) is 3. The van der Waals surface area contributed by atoms with E-state index >= 15 is 0 Å². The van der Waals surface area contributed by atoms with E-state index in [1.807, 2.05) is 12.1 Å². The highest BCUT2D eigenvalue weighted by Crippen LogP contribution is 2.21. The molecule has 0 radical (unpaired) electrons. The Kier molecular flexibility index (Phi) is 5.15. The zero-order chi connectivity index (χ0) is 16.9. The Hall–Kier alpha value is -2.09. The summed E-state index contributed by atoms with van der Waals surface area (Å²) < 4.78 is 17.4. The van der Waals surface area contributed by atoms with Crippen molar-refractivity contribution in [1.82, 2.24) is 15.3 Å². The molecule has 0 saturated carbocycles. The van der Waals surface area contributed by atoms with Crippen molar-refractivity contribution >= 4 is 5.69 Å². The van der Waals surface area contributed by atoms with Crippen LogP contribution in [0.4, 0.5) is 5.69 Å². The summed E-state index contributed by atoms with van der Waals surface area (Å²) in [6.07, 6.45) is 3.86. The zero-order valence-electron chi connectivity index (χ0n) is 14.2. The topological polar surface area (TPSA) is 71.6 Å². The van der Waals surface area contributed by atoms with Gasteiger partial charge in [0.15, 0.2) is 6.29 Å². The molecule has 2 aromatic rings. The van der Waals surface area contributed by atoms with E-state index in [9.17, 15) is 0 Å². The van der Waals surface area contributed by atoms with Crippen LogP contribution in [0, 0.1) is 0 Å². The molecule has 2 fully saturated rings. The van der Waals surface area contributed by atoms with Gasteiger partial charge in [-0.25, -0.2) is 4.98 Å². The van der Waals surface area contributed by atoms with Crippen molar-refractivity contribution in [3.05, 3.63) is 42.5 Å². The highest BCUT2D eigenvalue weighted by molar-refractivity contribution is 5.49. The first kappa shape index (κ1) is 16.4. The summed E-state index contributed by atoms with van der Waals surface area (Å²) in [5, 5.41) is 3.37. The molecule has 7 heteroatoms. The molecule has 2 atom stereocenters. The van der Waals surface area contributed by atoms with E-state index in [0.29, 0.717) is 19.6 Å². The van der Waals surface area contributed by atoms with Crippen LogP contribution in [0.2, 0.25) is 0 Å². The quantitative estimate of drug-likeness (QED) is 0.820. The van der Waals surface area contributed by atoms with Crippen molar-refractivity contribution in [3.63, 3.8) is 0 Å². The fourth-order valence-corrected chi connectivity index (χ4v) is 3.14. The van der Waals surface area contributed by atoms with Gasteiger partial charge in [0.05, 0.1) is 13.0 Å². The first-order chi connectivity index (χ1) is 12.4. The third-order valence-corrected chi connectivity index (χ3v) is 4.48. The maximum Gasteiger partial charge on any atom is 0.165 e. The number of hydrogen-bond acceptors (Lipinski definition) is 6. The average Bonchev–Trinajstić information content (AvgIpc) is 3.34. The van der Waals surface area contributed by atoms with Gasteiger partial charge in [-0.3, -0.25) is 0 Å². The molecular formula is C18H24N4O3. The summed E-state index contributed by atoms with van der Waals surface area (Å²) in [6, 6.07) is 8.28. The molecule has 134 valence electrons. The third kappa shape index (κ3) is 4.31. The van der Waals surface area contributed by atoms with Crippen LogP contribution in [0.25, 0.3) is 0 Å². The summed E-state index contributed by atoms with van der Waals surface area (Å²) >= 11 is 0. The Morgan fingerprint density at radius 1 is 1.20 bits per heavy atom. The van der Waals surface area contributed by atoms with Crippen LogP contribution in [0.1, 0.15) is 5.82 Å². The van der Waals surface area contributed by atoms with Gasteiger partial charge in [-0.2, -0.15) is 0 Å². The van der Waals surface area contributed by atoms with E-state index in [2.05, 4.69) is 32.3 Å². The number of hydrogen-bond donors (Lipinski definition) is 2. The molecule has 2 unspecified atom stereocenters. The first-order valence-electron chi connectivity index (χ1n) is 8.81. The Bertz CT molecular complexity index is 641. The lowest BCUT2D eigenvalue weighted by atomic mass is 10.2. The summed E-state index contributed by atoms with van der Waals surface area (Å²) in [5.74, 6) is 1.73. The molecule has 0 amide bonds. The number of anilines is 1. The van der Waals surface area contributed by atoms with Crippen LogP contribution in [-0.4, -0.2) is 61.8 Å². The summed E-state index contributed by atoms with van der Waals surface area (Å²) in [5.41, 5.74) is 1.24. The van der Waals surface area contributed by atoms with Crippen molar-refractivity contribution in [2.24, 2.45) is 0 Å². The SMILES string of the molecule is c1c[nH]c(CC2OCC(COc3ccc(N4CCNCC4)cc3)O2)n1. The summed E-state index contributed by atoms with van der Waals surface area (Å²) in [7, 11) is 0. The predicted molar refractivity (Wildman–Crippen MR) is 93.9 cm³/mol. The second-order valence-electron chi connectivity index (χ2n) is 6.30. The van der Waals surface area contributed by atoms with E-state index in [-0.39, 0.29) is 12.4 Å². The van der Waals surface area contributed by atoms with Gasteiger partial charge in [-0.15, -0.1) is 0 Å². The molecule has 1 aromatic carbocycles. The monoisotopic (exact) mass is 344 g/mol. The molecule has 7 nitrogen and oxygen atoms in total. The molecule has 1 aromatic heterocycles. The van der Waals surface area contributed by atoms with Crippen molar-refractivity contribution in [1.29, 1.82) is 0 Å². The normalized spacial score (nSPS) is 23.8. The van der Waals surface area contributed by atoms with Crippen molar-refractivity contribution in [3.8, 4) is 5.75 Å². The van der Waals surface area contributed by atoms with Crippen molar-refractivity contribution < 1.29 is 14.2 Å². The largest absolute Gasteiger partial charge is 0.491 e. The van der Waals surface area contributed by atoms with Gasteiger partial charge in [0.1, 0.15) is 24.3 Å². The number of imidazole rings is 1. The lowest BCUT2D eigenvalue weighted by Gasteiger charge is -2.29. The maximum atomic E-state index is 5.86. The van der Waals surface area contributed by atoms with Crippen LogP contribution >= 0.6 is 0 Å². The summed E-state index contributed by atoms with van der Waals surface area (Å²) in [4.78, 5) is 9.63. The molecule has 3 heterocycles. The van der Waals surface area contributed by atoms with E-state index < -0.39 is 0 Å². The third-order valence-electron chi connectivity index (χ3n) is 4.48. The number of benzene rings is 1. The zero-order valence-corrected chi connectivity index (χ0v) is 14.2. The lowest BCUT2D eigenvalue weighted by Crippen LogP contribution is -2.43. The Labute approximate surface area is 147 Å². The van der Waals surface area contributed by atoms with Gasteiger partial charge >= 0.3 is 0 Å². The fraction of sp³-hybridized carbons (Fsp3) is 0.500. The molecule has 4 rings (SSSR count). The van der Waals surface area contributed by atoms with Crippen LogP contribution < -0.4 is 15.0 Å². The Morgan fingerprint density at radius 2 is 2.04 bits per heavy atom. The molecule has 0 bridgehead atoms. The molecule has 25 heavy (non-hydrogen) atoms. The minimum Gasteiger partial charge on any atom is -0.491 e. The number of aromatic nitrogens is 2. The van der Waals surface area contributed by atoms with Gasteiger partial charge in [0.25, 0.3) is 0 Å². The smallest absolute Gasteiger partial charge is 0.165 e. The molecule has 0 spiro atoms. The van der Waals surface area contributed by atoms with Gasteiger partial charge in [-0.1, -0.05) is 0 Å². The van der Waals surface area contributed by atoms with Crippen LogP contribution in [0.5, 0.6) is 5.75 Å². The number of nitrogens with one attached hydrogen (secondary N) is 2. The lowest BCUT2D eigenvalue weighted by molar-refractivity contribution is -0.0626. The van der Waals surface area contributed by atoms with E-state index in [0.717, 1.165) is 37.8 Å². The van der Waals surface area contributed by atoms with Gasteiger partial charge in [0, 0.05) is 44.3 Å². The average molecular weight is 344 g/mol. The maximum absolute atomic E-state index is 5.86. The van der Waals surface area contributed by atoms with Crippen LogP contribution in [0.15, 0.2) is 36.7 Å². The predicted octanol–water partition coefficient (Wildman–Crippen LogP) is 1.18. The van der Waals surface area contributed by atoms with E-state index in [4.69, 9.17) is 14.2 Å². The Balaban J connectivity index is 1.23. The van der Waals surface area contributed by atoms with Gasteiger partial charge < -0.3 is 29.4 Å². The Morgan fingerprint density at radius 3 is 2.80 bits per heavy atom. The number of piperazine rings is 1. The van der Waals surface area contributed by atoms with Crippen LogP contribution in [0.3, 0.4) is 0 Å². The van der Waals surface area contributed by atoms with Crippen molar-refractivity contribution in [2.75, 3.05) is 44.3 Å². The van der Waals surface area contributed by atoms with E-state index in [1.54, 1.807) is 12.4 Å².